The molecular weight excluding hydrogens is 323 g/mol. The van der Waals surface area contributed by atoms with Crippen molar-refractivity contribution in [3.05, 3.63) is 24.3 Å². The van der Waals surface area contributed by atoms with Gasteiger partial charge in [-0.3, -0.25) is 14.8 Å². The molecule has 3 rings (SSSR count). The summed E-state index contributed by atoms with van der Waals surface area (Å²) in [6.45, 7) is 2.37. The first-order chi connectivity index (χ1) is 9.72. The minimum atomic E-state index is -0.171. The Labute approximate surface area is 144 Å². The lowest BCUT2D eigenvalue weighted by Gasteiger charge is -2.39. The largest absolute Gasteiger partial charge is 0.339 e. The van der Waals surface area contributed by atoms with Gasteiger partial charge in [-0.1, -0.05) is 12.8 Å². The minimum Gasteiger partial charge on any atom is -0.339 e. The summed E-state index contributed by atoms with van der Waals surface area (Å²) in [6, 6.07) is 0. The van der Waals surface area contributed by atoms with Crippen LogP contribution < -0.4 is 5.32 Å². The Kier molecular flexibility index (Phi) is 7.03. The summed E-state index contributed by atoms with van der Waals surface area (Å²) in [7, 11) is 1.88. The highest BCUT2D eigenvalue weighted by molar-refractivity contribution is 5.85. The number of nitrogens with one attached hydrogen (secondary N) is 1. The van der Waals surface area contributed by atoms with Gasteiger partial charge in [0.05, 0.1) is 23.9 Å². The molecule has 2 atom stereocenters. The normalized spacial score (nSPS) is 26.3. The van der Waals surface area contributed by atoms with Crippen LogP contribution in [0.2, 0.25) is 0 Å². The molecule has 1 N–H and O–H groups in total. The number of rotatable bonds is 3. The van der Waals surface area contributed by atoms with Crippen LogP contribution in [0.25, 0.3) is 0 Å². The lowest BCUT2D eigenvalue weighted by molar-refractivity contribution is -0.144. The van der Waals surface area contributed by atoms with Gasteiger partial charge >= 0.3 is 0 Å². The predicted octanol–water partition coefficient (Wildman–Crippen LogP) is 2.06. The van der Waals surface area contributed by atoms with Crippen LogP contribution in [0.4, 0.5) is 0 Å². The fourth-order valence-electron chi connectivity index (χ4n) is 3.77. The Hall–Kier alpha value is -0.910. The number of amides is 1. The molecule has 0 aromatic carbocycles. The van der Waals surface area contributed by atoms with E-state index in [1.807, 2.05) is 11.9 Å². The molecule has 7 heteroatoms. The first-order valence-electron chi connectivity index (χ1n) is 7.43. The second-order valence-corrected chi connectivity index (χ2v) is 6.09. The van der Waals surface area contributed by atoms with Crippen molar-refractivity contribution in [2.24, 2.45) is 11.3 Å². The van der Waals surface area contributed by atoms with Crippen molar-refractivity contribution in [1.29, 1.82) is 0 Å². The predicted molar refractivity (Wildman–Crippen MR) is 90.3 cm³/mol. The Bertz CT molecular complexity index is 488. The monoisotopic (exact) mass is 346 g/mol. The molecule has 2 aliphatic rings. The maximum absolute atomic E-state index is 12.9. The molecule has 0 spiro atoms. The van der Waals surface area contributed by atoms with Crippen LogP contribution in [0.3, 0.4) is 0 Å². The maximum Gasteiger partial charge on any atom is 0.230 e. The number of hydrogen-bond acceptors (Lipinski definition) is 4. The van der Waals surface area contributed by atoms with Crippen LogP contribution in [0.1, 0.15) is 31.4 Å². The Morgan fingerprint density at radius 2 is 2.23 bits per heavy atom. The Morgan fingerprint density at radius 1 is 1.41 bits per heavy atom. The summed E-state index contributed by atoms with van der Waals surface area (Å²) >= 11 is 0. The number of halogens is 2. The third-order valence-corrected chi connectivity index (χ3v) is 4.83. The molecule has 1 aromatic rings. The molecule has 22 heavy (non-hydrogen) atoms. The van der Waals surface area contributed by atoms with Crippen LogP contribution >= 0.6 is 24.8 Å². The van der Waals surface area contributed by atoms with Crippen molar-refractivity contribution in [2.75, 3.05) is 20.1 Å². The second-order valence-electron chi connectivity index (χ2n) is 6.09. The quantitative estimate of drug-likeness (QED) is 0.909. The van der Waals surface area contributed by atoms with Crippen LogP contribution in [-0.4, -0.2) is 40.9 Å². The van der Waals surface area contributed by atoms with Crippen LogP contribution in [0, 0.1) is 11.3 Å². The van der Waals surface area contributed by atoms with Crippen molar-refractivity contribution in [2.45, 2.75) is 32.2 Å². The van der Waals surface area contributed by atoms with E-state index in [0.717, 1.165) is 25.2 Å². The number of carbonyl (C=O) groups is 1. The number of fused-ring (bicyclic) bond motifs is 1. The molecule has 1 aliphatic carbocycles. The van der Waals surface area contributed by atoms with E-state index < -0.39 is 0 Å². The Morgan fingerprint density at radius 3 is 2.95 bits per heavy atom. The summed E-state index contributed by atoms with van der Waals surface area (Å²) in [4.78, 5) is 23.1. The molecule has 124 valence electrons. The van der Waals surface area contributed by atoms with Crippen LogP contribution in [-0.2, 0) is 11.3 Å². The number of carbonyl (C=O) groups excluding carboxylic acids is 1. The third kappa shape index (κ3) is 3.53. The first-order valence-corrected chi connectivity index (χ1v) is 7.43. The van der Waals surface area contributed by atoms with E-state index in [4.69, 9.17) is 0 Å². The van der Waals surface area contributed by atoms with Crippen LogP contribution in [0.15, 0.2) is 18.6 Å². The first kappa shape index (κ1) is 19.1. The summed E-state index contributed by atoms with van der Waals surface area (Å²) in [5.74, 6) is 0.783. The van der Waals surface area contributed by atoms with Gasteiger partial charge < -0.3 is 10.2 Å². The summed E-state index contributed by atoms with van der Waals surface area (Å²) < 4.78 is 0. The fourth-order valence-corrected chi connectivity index (χ4v) is 3.77. The van der Waals surface area contributed by atoms with Gasteiger partial charge in [0.25, 0.3) is 0 Å². The Balaban J connectivity index is 0.00000121. The van der Waals surface area contributed by atoms with E-state index in [2.05, 4.69) is 15.3 Å². The lowest BCUT2D eigenvalue weighted by atomic mass is 9.67. The smallest absolute Gasteiger partial charge is 0.230 e. The SMILES string of the molecule is CN(Cc1cnccn1)C(=O)[C@@]12CCCC[C@H]1CNC2.Cl.Cl. The molecule has 1 amide bonds. The molecule has 1 saturated carbocycles. The average molecular weight is 347 g/mol. The molecule has 0 radical (unpaired) electrons. The van der Waals surface area contributed by atoms with E-state index in [1.165, 1.54) is 19.3 Å². The zero-order valence-corrected chi connectivity index (χ0v) is 14.5. The van der Waals surface area contributed by atoms with E-state index in [1.54, 1.807) is 18.6 Å². The topological polar surface area (TPSA) is 58.1 Å². The molecule has 5 nitrogen and oxygen atoms in total. The van der Waals surface area contributed by atoms with Gasteiger partial charge in [-0.15, -0.1) is 24.8 Å². The second kappa shape index (κ2) is 8.09. The summed E-state index contributed by atoms with van der Waals surface area (Å²) in [6.07, 6.45) is 9.69. The molecular formula is C15H24Cl2N4O. The van der Waals surface area contributed by atoms with Gasteiger partial charge in [-0.05, 0) is 25.3 Å². The zero-order chi connectivity index (χ0) is 14.0. The molecule has 1 aliphatic heterocycles. The maximum atomic E-state index is 12.9. The van der Waals surface area contributed by atoms with E-state index >= 15 is 0 Å². The van der Waals surface area contributed by atoms with Gasteiger partial charge in [0, 0.05) is 26.0 Å². The lowest BCUT2D eigenvalue weighted by Crippen LogP contribution is -2.48. The average Bonchev–Trinajstić information content (AvgIpc) is 2.92. The molecule has 2 fully saturated rings. The number of nitrogens with zero attached hydrogens (tertiary/aromatic N) is 3. The van der Waals surface area contributed by atoms with Crippen LogP contribution in [0.5, 0.6) is 0 Å². The molecule has 1 saturated heterocycles. The number of hydrogen-bond donors (Lipinski definition) is 1. The highest BCUT2D eigenvalue weighted by Crippen LogP contribution is 2.45. The summed E-state index contributed by atoms with van der Waals surface area (Å²) in [5.41, 5.74) is 0.674. The van der Waals surface area contributed by atoms with Crippen molar-refractivity contribution < 1.29 is 4.79 Å². The highest BCUT2D eigenvalue weighted by Gasteiger charge is 2.50. The van der Waals surface area contributed by atoms with Gasteiger partial charge in [0.15, 0.2) is 0 Å². The molecule has 0 bridgehead atoms. The van der Waals surface area contributed by atoms with Crippen molar-refractivity contribution in [3.8, 4) is 0 Å². The van der Waals surface area contributed by atoms with E-state index in [-0.39, 0.29) is 36.1 Å². The van der Waals surface area contributed by atoms with Gasteiger partial charge in [-0.25, -0.2) is 0 Å². The number of aromatic nitrogens is 2. The highest BCUT2D eigenvalue weighted by atomic mass is 35.5. The molecule has 0 unspecified atom stereocenters. The standard InChI is InChI=1S/C15H22N4O.2ClH/c1-19(10-13-9-16-6-7-18-13)14(20)15-5-3-2-4-12(15)8-17-11-15;;/h6-7,9,12,17H,2-5,8,10-11H2,1H3;2*1H/t12-,15+;;/m0../s1. The minimum absolute atomic E-state index is 0. The van der Waals surface area contributed by atoms with Gasteiger partial charge in [-0.2, -0.15) is 0 Å². The molecule has 2 heterocycles. The van der Waals surface area contributed by atoms with Gasteiger partial charge in [0.1, 0.15) is 0 Å². The fraction of sp³-hybridized carbons (Fsp3) is 0.667. The van der Waals surface area contributed by atoms with Crippen molar-refractivity contribution >= 4 is 30.7 Å². The summed E-state index contributed by atoms with van der Waals surface area (Å²) in [5, 5.41) is 3.43. The zero-order valence-electron chi connectivity index (χ0n) is 12.8. The van der Waals surface area contributed by atoms with E-state index in [9.17, 15) is 4.79 Å². The third-order valence-electron chi connectivity index (χ3n) is 4.83. The van der Waals surface area contributed by atoms with Crippen molar-refractivity contribution in [1.82, 2.24) is 20.2 Å². The molecule has 1 aromatic heterocycles. The van der Waals surface area contributed by atoms with E-state index in [0.29, 0.717) is 12.5 Å². The van der Waals surface area contributed by atoms with Gasteiger partial charge in [0.2, 0.25) is 5.91 Å². The van der Waals surface area contributed by atoms with Crippen molar-refractivity contribution in [3.63, 3.8) is 0 Å².